The van der Waals surface area contributed by atoms with Crippen molar-refractivity contribution in [1.82, 2.24) is 40.6 Å². The molecule has 1 fully saturated rings. The van der Waals surface area contributed by atoms with E-state index in [-0.39, 0.29) is 56.0 Å². The fourth-order valence-electron chi connectivity index (χ4n) is 5.06. The topological polar surface area (TPSA) is 178 Å². The molecular formula is C30H40N8O7S2. The number of benzene rings is 1. The van der Waals surface area contributed by atoms with Crippen molar-refractivity contribution >= 4 is 53.2 Å². The summed E-state index contributed by atoms with van der Waals surface area (Å²) in [7, 11) is 0. The molecule has 3 heterocycles. The molecule has 2 N–H and O–H groups in total. The summed E-state index contributed by atoms with van der Waals surface area (Å²) in [5.41, 5.74) is 2.35. The summed E-state index contributed by atoms with van der Waals surface area (Å²) in [6.07, 6.45) is 0.0232. The van der Waals surface area contributed by atoms with Crippen LogP contribution in [-0.4, -0.2) is 115 Å². The number of β-lactam (4-membered cyclic amide) rings is 1. The third kappa shape index (κ3) is 9.32. The second-order valence-corrected chi connectivity index (χ2v) is 12.7. The molecule has 2 unspecified atom stereocenters. The number of nitrogens with one attached hydrogen (secondary N) is 2. The van der Waals surface area contributed by atoms with Crippen LogP contribution in [0.15, 0.2) is 40.7 Å². The van der Waals surface area contributed by atoms with Gasteiger partial charge in [0.1, 0.15) is 30.3 Å². The molecule has 0 spiro atoms. The largest absolute Gasteiger partial charge is 0.465 e. The van der Waals surface area contributed by atoms with Gasteiger partial charge in [-0.1, -0.05) is 49.9 Å². The van der Waals surface area contributed by atoms with Crippen LogP contribution in [0, 0.1) is 0 Å². The minimum atomic E-state index is -0.820. The lowest BCUT2D eigenvalue weighted by molar-refractivity contribution is -0.153. The van der Waals surface area contributed by atoms with Gasteiger partial charge >= 0.3 is 11.9 Å². The van der Waals surface area contributed by atoms with Crippen LogP contribution in [0.3, 0.4) is 0 Å². The van der Waals surface area contributed by atoms with Crippen LogP contribution in [0.5, 0.6) is 0 Å². The standard InChI is InChI=1S/C30H40N8O7S2/c1-5-36(6-2)12-13-45-29(43)26-22(18-47-30-33-34-35-37(30)16-24(41)44-7-3)17-46-28-25(27(42)38(26)28)32-23(40)14-20-10-8-9-11-21(20)15-31-19(4)39/h8-11,25,28H,5-7,12-18H2,1-4H3,(H,31,39)(H,32,40). The van der Waals surface area contributed by atoms with Gasteiger partial charge in [-0.15, -0.1) is 16.9 Å². The molecule has 2 aliphatic heterocycles. The number of esters is 2. The molecule has 0 aliphatic carbocycles. The normalized spacial score (nSPS) is 17.2. The smallest absolute Gasteiger partial charge is 0.355 e. The molecule has 0 radical (unpaired) electrons. The maximum absolute atomic E-state index is 13.5. The Kier molecular flexibility index (Phi) is 13.2. The van der Waals surface area contributed by atoms with Crippen molar-refractivity contribution in [3.05, 3.63) is 46.7 Å². The van der Waals surface area contributed by atoms with E-state index in [2.05, 4.69) is 31.1 Å². The second kappa shape index (κ2) is 17.3. The van der Waals surface area contributed by atoms with E-state index < -0.39 is 29.3 Å². The molecule has 3 amide bonds. The van der Waals surface area contributed by atoms with Gasteiger partial charge in [-0.25, -0.2) is 9.48 Å². The SMILES string of the molecule is CCOC(=O)Cn1nnnc1SCC1=C(C(=O)OCCN(CC)CC)N2C(=O)C(NC(=O)Cc3ccccc3CNC(C)=O)C2SC1. The van der Waals surface area contributed by atoms with E-state index in [1.807, 2.05) is 38.1 Å². The molecule has 47 heavy (non-hydrogen) atoms. The monoisotopic (exact) mass is 688 g/mol. The van der Waals surface area contributed by atoms with E-state index in [1.165, 1.54) is 40.0 Å². The number of thioether (sulfide) groups is 2. The molecule has 4 rings (SSSR count). The number of hydrogen-bond acceptors (Lipinski definition) is 13. The first-order chi connectivity index (χ1) is 22.7. The Morgan fingerprint density at radius 2 is 1.85 bits per heavy atom. The first-order valence-corrected chi connectivity index (χ1v) is 17.4. The zero-order valence-electron chi connectivity index (χ0n) is 26.9. The van der Waals surface area contributed by atoms with Crippen molar-refractivity contribution in [2.75, 3.05) is 44.4 Å². The fourth-order valence-corrected chi connectivity index (χ4v) is 7.42. The molecule has 2 atom stereocenters. The molecular weight excluding hydrogens is 649 g/mol. The number of nitrogens with zero attached hydrogens (tertiary/aromatic N) is 6. The van der Waals surface area contributed by atoms with Crippen molar-refractivity contribution in [1.29, 1.82) is 0 Å². The Bertz CT molecular complexity index is 1500. The second-order valence-electron chi connectivity index (χ2n) is 10.6. The highest BCUT2D eigenvalue weighted by Gasteiger charge is 2.54. The van der Waals surface area contributed by atoms with E-state index in [4.69, 9.17) is 9.47 Å². The number of carbonyl (C=O) groups is 5. The zero-order chi connectivity index (χ0) is 33.9. The molecule has 17 heteroatoms. The van der Waals surface area contributed by atoms with Gasteiger partial charge in [-0.05, 0) is 47.1 Å². The van der Waals surface area contributed by atoms with Crippen LogP contribution >= 0.6 is 23.5 Å². The van der Waals surface area contributed by atoms with Crippen molar-refractivity contribution in [3.63, 3.8) is 0 Å². The Labute approximate surface area is 281 Å². The minimum Gasteiger partial charge on any atom is -0.465 e. The average molecular weight is 689 g/mol. The van der Waals surface area contributed by atoms with Crippen molar-refractivity contribution in [3.8, 4) is 0 Å². The molecule has 0 bridgehead atoms. The minimum absolute atomic E-state index is 0.0232. The van der Waals surface area contributed by atoms with Crippen LogP contribution in [0.4, 0.5) is 0 Å². The Morgan fingerprint density at radius 1 is 1.11 bits per heavy atom. The van der Waals surface area contributed by atoms with Crippen molar-refractivity contribution < 1.29 is 33.4 Å². The quantitative estimate of drug-likeness (QED) is 0.135. The number of ether oxygens (including phenoxy) is 2. The summed E-state index contributed by atoms with van der Waals surface area (Å²) in [5.74, 6) is -1.38. The molecule has 1 saturated heterocycles. The highest BCUT2D eigenvalue weighted by Crippen LogP contribution is 2.42. The first-order valence-electron chi connectivity index (χ1n) is 15.4. The third-order valence-corrected chi connectivity index (χ3v) is 9.93. The lowest BCUT2D eigenvalue weighted by atomic mass is 10.0. The lowest BCUT2D eigenvalue weighted by Crippen LogP contribution is -2.70. The van der Waals surface area contributed by atoms with Gasteiger partial charge < -0.3 is 25.0 Å². The van der Waals surface area contributed by atoms with Crippen LogP contribution < -0.4 is 10.6 Å². The van der Waals surface area contributed by atoms with Gasteiger partial charge in [-0.3, -0.25) is 24.1 Å². The van der Waals surface area contributed by atoms with Gasteiger partial charge in [0.25, 0.3) is 5.91 Å². The Balaban J connectivity index is 1.47. The number of fused-ring (bicyclic) bond motifs is 1. The predicted octanol–water partition coefficient (Wildman–Crippen LogP) is 0.746. The number of aromatic nitrogens is 4. The molecule has 0 saturated carbocycles. The summed E-state index contributed by atoms with van der Waals surface area (Å²) in [5, 5.41) is 17.0. The highest BCUT2D eigenvalue weighted by atomic mass is 32.2. The van der Waals surface area contributed by atoms with E-state index >= 15 is 0 Å². The van der Waals surface area contributed by atoms with E-state index in [1.54, 1.807) is 6.92 Å². The zero-order valence-corrected chi connectivity index (χ0v) is 28.5. The summed E-state index contributed by atoms with van der Waals surface area (Å²) in [6, 6.07) is 6.47. The van der Waals surface area contributed by atoms with E-state index in [0.717, 1.165) is 24.2 Å². The summed E-state index contributed by atoms with van der Waals surface area (Å²) in [4.78, 5) is 67.1. The van der Waals surface area contributed by atoms with Gasteiger partial charge in [0.2, 0.25) is 17.0 Å². The van der Waals surface area contributed by atoms with Crippen LogP contribution in [0.25, 0.3) is 0 Å². The molecule has 1 aromatic heterocycles. The number of tetrazole rings is 1. The Morgan fingerprint density at radius 3 is 2.55 bits per heavy atom. The number of hydrogen-bond donors (Lipinski definition) is 2. The van der Waals surface area contributed by atoms with Gasteiger partial charge in [0.15, 0.2) is 0 Å². The van der Waals surface area contributed by atoms with Crippen molar-refractivity contribution in [2.45, 2.75) is 63.8 Å². The number of rotatable bonds is 17. The first kappa shape index (κ1) is 35.9. The van der Waals surface area contributed by atoms with Gasteiger partial charge in [-0.2, -0.15) is 0 Å². The summed E-state index contributed by atoms with van der Waals surface area (Å²) >= 11 is 2.66. The van der Waals surface area contributed by atoms with Gasteiger partial charge in [0.05, 0.1) is 13.0 Å². The van der Waals surface area contributed by atoms with Crippen molar-refractivity contribution in [2.24, 2.45) is 0 Å². The highest BCUT2D eigenvalue weighted by molar-refractivity contribution is 8.01. The third-order valence-electron chi connectivity index (χ3n) is 7.55. The maximum atomic E-state index is 13.5. The molecule has 15 nitrogen and oxygen atoms in total. The Hall–Kier alpha value is -3.96. The maximum Gasteiger partial charge on any atom is 0.355 e. The summed E-state index contributed by atoms with van der Waals surface area (Å²) in [6.45, 7) is 9.85. The van der Waals surface area contributed by atoms with E-state index in [0.29, 0.717) is 23.0 Å². The molecule has 254 valence electrons. The molecule has 2 aromatic rings. The molecule has 2 aliphatic rings. The van der Waals surface area contributed by atoms with E-state index in [9.17, 15) is 24.0 Å². The number of amides is 3. The number of carbonyl (C=O) groups excluding carboxylic acids is 5. The lowest BCUT2D eigenvalue weighted by Gasteiger charge is -2.49. The van der Waals surface area contributed by atoms with Crippen LogP contribution in [0.2, 0.25) is 0 Å². The van der Waals surface area contributed by atoms with Crippen LogP contribution in [0.1, 0.15) is 38.8 Å². The predicted molar refractivity (Wildman–Crippen MR) is 174 cm³/mol. The number of likely N-dealkylation sites (N-methyl/N-ethyl adjacent to an activating group) is 1. The average Bonchev–Trinajstić information content (AvgIpc) is 3.50. The van der Waals surface area contributed by atoms with Gasteiger partial charge in [0, 0.05) is 31.5 Å². The van der Waals surface area contributed by atoms with Crippen LogP contribution in [-0.2, 0) is 53.0 Å². The fraction of sp³-hybridized carbons (Fsp3) is 0.533. The molecule has 1 aromatic carbocycles. The summed E-state index contributed by atoms with van der Waals surface area (Å²) < 4.78 is 12.0.